The molecule has 0 aromatic heterocycles. The van der Waals surface area contributed by atoms with Crippen LogP contribution in [0, 0.1) is 0 Å². The molecule has 2 unspecified atom stereocenters. The summed E-state index contributed by atoms with van der Waals surface area (Å²) in [6.07, 6.45) is 0. The van der Waals surface area contributed by atoms with Gasteiger partial charge < -0.3 is 0 Å². The third-order valence-electron chi connectivity index (χ3n) is 8.42. The first-order chi connectivity index (χ1) is 20.7. The molecule has 3 nitrogen and oxygen atoms in total. The van der Waals surface area contributed by atoms with E-state index in [-0.39, 0.29) is 0 Å². The van der Waals surface area contributed by atoms with Gasteiger partial charge in [-0.1, -0.05) is 0 Å². The molecule has 44 heavy (non-hydrogen) atoms. The van der Waals surface area contributed by atoms with Crippen molar-refractivity contribution in [1.82, 2.24) is 0 Å². The quantitative estimate of drug-likeness (QED) is 0.199. The van der Waals surface area contributed by atoms with E-state index in [1.54, 1.807) is 0 Å². The van der Waals surface area contributed by atoms with E-state index in [0.717, 1.165) is 0 Å². The summed E-state index contributed by atoms with van der Waals surface area (Å²) >= 11 is -5.25. The molecule has 0 fully saturated rings. The van der Waals surface area contributed by atoms with Gasteiger partial charge in [0.2, 0.25) is 0 Å². The van der Waals surface area contributed by atoms with Crippen LogP contribution < -0.4 is 5.47 Å². The second-order valence-corrected chi connectivity index (χ2v) is 28.8. The van der Waals surface area contributed by atoms with Gasteiger partial charge in [-0.15, -0.1) is 0 Å². The molecule has 0 radical (unpaired) electrons. The summed E-state index contributed by atoms with van der Waals surface area (Å²) in [6, 6.07) is 20.6. The Labute approximate surface area is 293 Å². The number of para-hydroxylation sites is 3. The van der Waals surface area contributed by atoms with Gasteiger partial charge in [0, 0.05) is 0 Å². The fourth-order valence-corrected chi connectivity index (χ4v) is 32.5. The first kappa shape index (κ1) is 36.2. The topological polar surface area (TPSA) is 9.49 Å². The van der Waals surface area contributed by atoms with Crippen molar-refractivity contribution in [1.29, 1.82) is 0 Å². The summed E-state index contributed by atoms with van der Waals surface area (Å²) in [6.45, 7) is 27.8. The number of halogens is 2. The van der Waals surface area contributed by atoms with E-state index in [2.05, 4.69) is 146 Å². The molecule has 3 aromatic carbocycles. The summed E-state index contributed by atoms with van der Waals surface area (Å²) in [5.74, 6) is 2.28. The molecule has 238 valence electrons. The van der Waals surface area contributed by atoms with Crippen LogP contribution in [0.1, 0.15) is 152 Å². The molecule has 0 amide bonds. The molecule has 0 N–H and O–H groups in total. The monoisotopic (exact) mass is 820 g/mol. The maximum absolute atomic E-state index is 8.02. The van der Waals surface area contributed by atoms with Gasteiger partial charge in [0.15, 0.2) is 0 Å². The van der Waals surface area contributed by atoms with Gasteiger partial charge in [-0.2, -0.15) is 0 Å². The Morgan fingerprint density at radius 1 is 0.523 bits per heavy atom. The molecular formula is C36H51As3Cl2N3+. The number of nitrogens with zero attached hydrogens (tertiary/aromatic N) is 3. The van der Waals surface area contributed by atoms with E-state index in [1.807, 2.05) is 0 Å². The number of anilines is 2. The average Bonchev–Trinajstić information content (AvgIpc) is 2.96. The standard InChI is InChI=1S/C36H51As3Cl2N3/c1-22(2)28-16-13-17-29(23(3)4)34(28)42-37-43(35-30(24(5)6)18-14-19-31(35)25(7)8)39(41)44(38(42)40)36-32(26(9)10)20-15-21-33(36)27(11)12/h13-27H,1-12H3/q+1. The third-order valence-corrected chi connectivity index (χ3v) is 31.3. The zero-order valence-electron chi connectivity index (χ0n) is 28.6. The van der Waals surface area contributed by atoms with Gasteiger partial charge in [0.25, 0.3) is 0 Å². The van der Waals surface area contributed by atoms with Gasteiger partial charge in [-0.3, -0.25) is 0 Å². The van der Waals surface area contributed by atoms with E-state index >= 15 is 0 Å². The SMILES string of the molecule is CC(C)c1cccc(C(C)C)c1N1[As]=[N+](c2c(C(C)C)cccc2C(C)C)[As](Cl)N(c2c(C(C)C)cccc2C(C)C)[As]1Cl. The van der Waals surface area contributed by atoms with Crippen molar-refractivity contribution in [3.63, 3.8) is 0 Å². The Hall–Kier alpha value is -0.685. The van der Waals surface area contributed by atoms with Crippen molar-refractivity contribution in [3.05, 3.63) is 88.0 Å². The molecule has 2 atom stereocenters. The van der Waals surface area contributed by atoms with Gasteiger partial charge >= 0.3 is 295 Å². The Kier molecular flexibility index (Phi) is 12.4. The predicted molar refractivity (Wildman–Crippen MR) is 198 cm³/mol. The van der Waals surface area contributed by atoms with Crippen LogP contribution >= 0.6 is 19.9 Å². The van der Waals surface area contributed by atoms with Gasteiger partial charge in [-0.25, -0.2) is 0 Å². The molecule has 8 heteroatoms. The van der Waals surface area contributed by atoms with Crippen LogP contribution in [0.4, 0.5) is 17.1 Å². The summed E-state index contributed by atoms with van der Waals surface area (Å²) in [5, 5.41) is 0. The molecule has 1 aliphatic rings. The van der Waals surface area contributed by atoms with E-state index in [9.17, 15) is 0 Å². The van der Waals surface area contributed by atoms with E-state index < -0.39 is 44.1 Å². The first-order valence-corrected chi connectivity index (χ1v) is 26.1. The van der Waals surface area contributed by atoms with Crippen LogP contribution in [0.15, 0.2) is 54.6 Å². The van der Waals surface area contributed by atoms with E-state index in [0.29, 0.717) is 35.5 Å². The third kappa shape index (κ3) is 7.09. The minimum absolute atomic E-state index is 0.363. The first-order valence-electron chi connectivity index (χ1n) is 16.1. The van der Waals surface area contributed by atoms with Crippen LogP contribution in [0.2, 0.25) is 0 Å². The molecule has 1 aliphatic heterocycles. The molecule has 0 spiro atoms. The van der Waals surface area contributed by atoms with Crippen molar-refractivity contribution >= 4 is 81.1 Å². The summed E-state index contributed by atoms with van der Waals surface area (Å²) in [7, 11) is 16.0. The second kappa shape index (κ2) is 15.0. The van der Waals surface area contributed by atoms with E-state index in [4.69, 9.17) is 19.9 Å². The molecule has 1 heterocycles. The predicted octanol–water partition coefficient (Wildman–Crippen LogP) is 11.3. The Bertz CT molecular complexity index is 1420. The Balaban J connectivity index is 2.17. The number of rotatable bonds is 9. The van der Waals surface area contributed by atoms with Crippen LogP contribution in [0.3, 0.4) is 0 Å². The fraction of sp³-hybridized carbons (Fsp3) is 0.500. The number of hydrogen-bond acceptors (Lipinski definition) is 2. The average molecular weight is 821 g/mol. The van der Waals surface area contributed by atoms with Gasteiger partial charge in [-0.05, 0) is 0 Å². The normalized spacial score (nSPS) is 18.0. The molecule has 3 aromatic rings. The minimum atomic E-state index is -2.38. The van der Waals surface area contributed by atoms with Crippen LogP contribution in [0.5, 0.6) is 0 Å². The summed E-state index contributed by atoms with van der Waals surface area (Å²) in [4.78, 5) is 0. The fourth-order valence-electron chi connectivity index (χ4n) is 6.02. The summed E-state index contributed by atoms with van der Waals surface area (Å²) < 4.78 is 8.02. The van der Waals surface area contributed by atoms with Crippen molar-refractivity contribution in [2.75, 3.05) is 5.47 Å². The van der Waals surface area contributed by atoms with Crippen LogP contribution in [-0.4, -0.2) is 46.5 Å². The van der Waals surface area contributed by atoms with E-state index in [1.165, 1.54) is 50.4 Å². The summed E-state index contributed by atoms with van der Waals surface area (Å²) in [5.41, 5.74) is 12.3. The molecule has 0 saturated heterocycles. The molecular weight excluding hydrogens is 770 g/mol. The van der Waals surface area contributed by atoms with Crippen molar-refractivity contribution in [3.8, 4) is 0 Å². The second-order valence-electron chi connectivity index (χ2n) is 13.7. The van der Waals surface area contributed by atoms with Crippen LogP contribution in [-0.2, 0) is 0 Å². The Morgan fingerprint density at radius 3 is 1.18 bits per heavy atom. The molecule has 0 aliphatic carbocycles. The number of benzene rings is 3. The van der Waals surface area contributed by atoms with Gasteiger partial charge in [0.05, 0.1) is 0 Å². The zero-order chi connectivity index (χ0) is 32.6. The molecule has 0 bridgehead atoms. The zero-order valence-corrected chi connectivity index (χ0v) is 35.7. The maximum atomic E-state index is 8.02. The molecule has 4 rings (SSSR count). The van der Waals surface area contributed by atoms with Gasteiger partial charge in [0.1, 0.15) is 0 Å². The molecule has 0 saturated carbocycles. The Morgan fingerprint density at radius 2 is 0.841 bits per heavy atom. The van der Waals surface area contributed by atoms with Crippen molar-refractivity contribution < 1.29 is 2.36 Å². The van der Waals surface area contributed by atoms with Crippen molar-refractivity contribution in [2.45, 2.75) is 119 Å². The van der Waals surface area contributed by atoms with Crippen LogP contribution in [0.25, 0.3) is 0 Å². The number of hydrogen-bond donors (Lipinski definition) is 0. The van der Waals surface area contributed by atoms with Crippen molar-refractivity contribution in [2.24, 2.45) is 0 Å².